The molecule has 1 aliphatic rings. The summed E-state index contributed by atoms with van der Waals surface area (Å²) in [6.07, 6.45) is 4.01. The van der Waals surface area contributed by atoms with Crippen LogP contribution in [0, 0.1) is 0 Å². The normalized spacial score (nSPS) is 16.6. The number of rotatable bonds is 4. The third-order valence-electron chi connectivity index (χ3n) is 3.59. The molecule has 100 valence electrons. The lowest BCUT2D eigenvalue weighted by Gasteiger charge is -2.20. The maximum atomic E-state index is 4.52. The van der Waals surface area contributed by atoms with Gasteiger partial charge in [0.1, 0.15) is 0 Å². The zero-order valence-electron chi connectivity index (χ0n) is 11.0. The fourth-order valence-corrected chi connectivity index (χ4v) is 2.45. The highest BCUT2D eigenvalue weighted by Gasteiger charge is 2.17. The highest BCUT2D eigenvalue weighted by molar-refractivity contribution is 5.15. The number of hydrogen-bond acceptors (Lipinski definition) is 4. The molecule has 0 saturated carbocycles. The number of nitrogens with one attached hydrogen (secondary N) is 1. The molecule has 2 aromatic rings. The molecule has 1 fully saturated rings. The first-order chi connectivity index (χ1) is 9.42. The van der Waals surface area contributed by atoms with Crippen LogP contribution in [0.1, 0.15) is 30.3 Å². The molecule has 3 rings (SSSR count). The Kier molecular flexibility index (Phi) is 3.83. The zero-order chi connectivity index (χ0) is 12.9. The molecule has 0 spiro atoms. The van der Waals surface area contributed by atoms with E-state index in [0.717, 1.165) is 44.6 Å². The molecular formula is C14H19N5. The first-order valence-corrected chi connectivity index (χ1v) is 6.95. The quantitative estimate of drug-likeness (QED) is 0.899. The second-order valence-corrected chi connectivity index (χ2v) is 4.99. The Labute approximate surface area is 113 Å². The van der Waals surface area contributed by atoms with Gasteiger partial charge in [0.05, 0.1) is 6.04 Å². The highest BCUT2D eigenvalue weighted by Crippen LogP contribution is 2.15. The number of nitrogens with zero attached hydrogens (tertiary/aromatic N) is 4. The summed E-state index contributed by atoms with van der Waals surface area (Å²) in [6.45, 7) is 2.09. The molecule has 2 heterocycles. The van der Waals surface area contributed by atoms with Gasteiger partial charge in [0.15, 0.2) is 5.82 Å². The second kappa shape index (κ2) is 5.93. The lowest BCUT2D eigenvalue weighted by atomic mass is 10.1. The van der Waals surface area contributed by atoms with E-state index in [1.807, 2.05) is 6.07 Å². The predicted molar refractivity (Wildman–Crippen MR) is 72.8 cm³/mol. The van der Waals surface area contributed by atoms with Gasteiger partial charge in [0, 0.05) is 6.42 Å². The smallest absolute Gasteiger partial charge is 0.175 e. The molecule has 0 radical (unpaired) electrons. The van der Waals surface area contributed by atoms with Crippen molar-refractivity contribution >= 4 is 0 Å². The van der Waals surface area contributed by atoms with Crippen molar-refractivity contribution in [2.75, 3.05) is 13.1 Å². The Hall–Kier alpha value is -1.75. The first-order valence-electron chi connectivity index (χ1n) is 6.95. The predicted octanol–water partition coefficient (Wildman–Crippen LogP) is 1.38. The standard InChI is InChI=1S/C14H19N5/c1-2-4-12(5-3-1)6-7-14-16-18-19(17-14)13-8-10-15-11-9-13/h1-5,13,15H,6-11H2. The Bertz CT molecular complexity index is 502. The first kappa shape index (κ1) is 12.3. The molecule has 19 heavy (non-hydrogen) atoms. The van der Waals surface area contributed by atoms with Gasteiger partial charge in [-0.2, -0.15) is 4.80 Å². The van der Waals surface area contributed by atoms with Crippen LogP contribution in [-0.2, 0) is 12.8 Å². The van der Waals surface area contributed by atoms with Crippen molar-refractivity contribution in [2.45, 2.75) is 31.7 Å². The molecule has 0 aliphatic carbocycles. The molecule has 1 N–H and O–H groups in total. The average molecular weight is 257 g/mol. The van der Waals surface area contributed by atoms with Gasteiger partial charge in [-0.3, -0.25) is 0 Å². The second-order valence-electron chi connectivity index (χ2n) is 4.99. The molecule has 1 saturated heterocycles. The van der Waals surface area contributed by atoms with Crippen LogP contribution in [0.3, 0.4) is 0 Å². The Morgan fingerprint density at radius 1 is 1.11 bits per heavy atom. The maximum Gasteiger partial charge on any atom is 0.175 e. The maximum absolute atomic E-state index is 4.52. The molecule has 0 amide bonds. The Morgan fingerprint density at radius 3 is 2.68 bits per heavy atom. The van der Waals surface area contributed by atoms with Crippen LogP contribution < -0.4 is 5.32 Å². The lowest BCUT2D eigenvalue weighted by Crippen LogP contribution is -2.30. The van der Waals surface area contributed by atoms with Crippen LogP contribution in [-0.4, -0.2) is 33.3 Å². The van der Waals surface area contributed by atoms with E-state index >= 15 is 0 Å². The molecule has 5 heteroatoms. The highest BCUT2D eigenvalue weighted by atomic mass is 15.6. The Balaban J connectivity index is 1.58. The summed E-state index contributed by atoms with van der Waals surface area (Å²) in [6, 6.07) is 10.9. The summed E-state index contributed by atoms with van der Waals surface area (Å²) in [5.74, 6) is 0.849. The Morgan fingerprint density at radius 2 is 1.89 bits per heavy atom. The van der Waals surface area contributed by atoms with Crippen LogP contribution >= 0.6 is 0 Å². The van der Waals surface area contributed by atoms with E-state index in [-0.39, 0.29) is 0 Å². The molecule has 1 aromatic carbocycles. The van der Waals surface area contributed by atoms with Crippen LogP contribution in [0.4, 0.5) is 0 Å². The van der Waals surface area contributed by atoms with Crippen molar-refractivity contribution in [3.63, 3.8) is 0 Å². The lowest BCUT2D eigenvalue weighted by molar-refractivity contribution is 0.308. The van der Waals surface area contributed by atoms with E-state index in [4.69, 9.17) is 0 Å². The van der Waals surface area contributed by atoms with Crippen molar-refractivity contribution in [1.82, 2.24) is 25.5 Å². The van der Waals surface area contributed by atoms with Gasteiger partial charge >= 0.3 is 0 Å². The van der Waals surface area contributed by atoms with Gasteiger partial charge in [-0.05, 0) is 43.1 Å². The number of aromatic nitrogens is 4. The number of aryl methyl sites for hydroxylation is 2. The van der Waals surface area contributed by atoms with E-state index in [0.29, 0.717) is 6.04 Å². The monoisotopic (exact) mass is 257 g/mol. The van der Waals surface area contributed by atoms with Crippen molar-refractivity contribution in [1.29, 1.82) is 0 Å². The van der Waals surface area contributed by atoms with Crippen molar-refractivity contribution in [2.24, 2.45) is 0 Å². The molecule has 0 atom stereocenters. The van der Waals surface area contributed by atoms with Crippen LogP contribution in [0.25, 0.3) is 0 Å². The third kappa shape index (κ3) is 3.17. The van der Waals surface area contributed by atoms with E-state index in [1.165, 1.54) is 5.56 Å². The summed E-state index contributed by atoms with van der Waals surface area (Å²) in [4.78, 5) is 1.81. The zero-order valence-corrected chi connectivity index (χ0v) is 11.0. The number of tetrazole rings is 1. The topological polar surface area (TPSA) is 55.6 Å². The fourth-order valence-electron chi connectivity index (χ4n) is 2.45. The minimum atomic E-state index is 0.416. The van der Waals surface area contributed by atoms with Crippen LogP contribution in [0.5, 0.6) is 0 Å². The van der Waals surface area contributed by atoms with E-state index in [1.54, 1.807) is 4.80 Å². The minimum Gasteiger partial charge on any atom is -0.317 e. The summed E-state index contributed by atoms with van der Waals surface area (Å²) >= 11 is 0. The molecule has 1 aliphatic heterocycles. The number of piperidine rings is 1. The fraction of sp³-hybridized carbons (Fsp3) is 0.500. The molecular weight excluding hydrogens is 238 g/mol. The molecule has 0 bridgehead atoms. The number of hydrogen-bond donors (Lipinski definition) is 1. The largest absolute Gasteiger partial charge is 0.317 e. The summed E-state index contributed by atoms with van der Waals surface area (Å²) in [5.41, 5.74) is 1.32. The summed E-state index contributed by atoms with van der Waals surface area (Å²) < 4.78 is 0. The SMILES string of the molecule is c1ccc(CCc2nnn(C3CCNCC3)n2)cc1. The minimum absolute atomic E-state index is 0.416. The molecule has 5 nitrogen and oxygen atoms in total. The third-order valence-corrected chi connectivity index (χ3v) is 3.59. The van der Waals surface area contributed by atoms with E-state index in [9.17, 15) is 0 Å². The van der Waals surface area contributed by atoms with Gasteiger partial charge in [-0.15, -0.1) is 10.2 Å². The van der Waals surface area contributed by atoms with E-state index in [2.05, 4.69) is 45.0 Å². The number of benzene rings is 1. The average Bonchev–Trinajstić information content (AvgIpc) is 2.96. The van der Waals surface area contributed by atoms with Crippen LogP contribution in [0.15, 0.2) is 30.3 Å². The van der Waals surface area contributed by atoms with Crippen molar-refractivity contribution < 1.29 is 0 Å². The summed E-state index contributed by atoms with van der Waals surface area (Å²) in [7, 11) is 0. The van der Waals surface area contributed by atoms with Gasteiger partial charge in [-0.25, -0.2) is 0 Å². The molecule has 1 aromatic heterocycles. The molecule has 0 unspecified atom stereocenters. The van der Waals surface area contributed by atoms with Crippen molar-refractivity contribution in [3.05, 3.63) is 41.7 Å². The van der Waals surface area contributed by atoms with Gasteiger partial charge < -0.3 is 5.32 Å². The van der Waals surface area contributed by atoms with Gasteiger partial charge in [0.2, 0.25) is 0 Å². The summed E-state index contributed by atoms with van der Waals surface area (Å²) in [5, 5.41) is 16.2. The van der Waals surface area contributed by atoms with Crippen LogP contribution in [0.2, 0.25) is 0 Å². The van der Waals surface area contributed by atoms with Gasteiger partial charge in [0.25, 0.3) is 0 Å². The van der Waals surface area contributed by atoms with E-state index < -0.39 is 0 Å². The van der Waals surface area contributed by atoms with Crippen molar-refractivity contribution in [3.8, 4) is 0 Å². The van der Waals surface area contributed by atoms with Gasteiger partial charge in [-0.1, -0.05) is 30.3 Å².